The summed E-state index contributed by atoms with van der Waals surface area (Å²) in [6, 6.07) is 8.05. The van der Waals surface area contributed by atoms with Gasteiger partial charge in [-0.3, -0.25) is 10.2 Å². The Bertz CT molecular complexity index is 663. The van der Waals surface area contributed by atoms with Gasteiger partial charge < -0.3 is 4.90 Å². The maximum Gasteiger partial charge on any atom is 0.238 e. The fourth-order valence-electron chi connectivity index (χ4n) is 2.91. The summed E-state index contributed by atoms with van der Waals surface area (Å²) in [4.78, 5) is 22.5. The second-order valence-corrected chi connectivity index (χ2v) is 6.15. The molecule has 1 aromatic carbocycles. The number of hydrazine groups is 1. The molecular weight excluding hydrogens is 314 g/mol. The molecule has 1 fully saturated rings. The number of rotatable bonds is 6. The maximum atomic E-state index is 11.2. The predicted molar refractivity (Wildman–Crippen MR) is 100 cm³/mol. The van der Waals surface area contributed by atoms with Gasteiger partial charge in [0.1, 0.15) is 0 Å². The van der Waals surface area contributed by atoms with Crippen LogP contribution in [0.1, 0.15) is 37.0 Å². The van der Waals surface area contributed by atoms with Gasteiger partial charge >= 0.3 is 0 Å². The molecule has 0 atom stereocenters. The van der Waals surface area contributed by atoms with Crippen molar-refractivity contribution in [1.82, 2.24) is 15.4 Å². The SMILES string of the molecule is C.NNC(=O)Cc1ccc(CCc2cnc(N3CCCC3)nc2)cc1. The lowest BCUT2D eigenvalue weighted by atomic mass is 10.0. The van der Waals surface area contributed by atoms with Crippen molar-refractivity contribution < 1.29 is 4.79 Å². The van der Waals surface area contributed by atoms with Crippen molar-refractivity contribution in [3.8, 4) is 0 Å². The Morgan fingerprint density at radius 2 is 1.56 bits per heavy atom. The van der Waals surface area contributed by atoms with Crippen LogP contribution in [0.2, 0.25) is 0 Å². The van der Waals surface area contributed by atoms with E-state index >= 15 is 0 Å². The molecule has 0 spiro atoms. The molecule has 2 heterocycles. The lowest BCUT2D eigenvalue weighted by Crippen LogP contribution is -2.31. The number of benzene rings is 1. The first-order chi connectivity index (χ1) is 11.7. The van der Waals surface area contributed by atoms with Crippen molar-refractivity contribution in [1.29, 1.82) is 0 Å². The number of amides is 1. The van der Waals surface area contributed by atoms with E-state index in [1.807, 2.05) is 24.5 Å². The maximum absolute atomic E-state index is 11.2. The number of nitrogens with zero attached hydrogens (tertiary/aromatic N) is 3. The summed E-state index contributed by atoms with van der Waals surface area (Å²) in [5.41, 5.74) is 5.48. The van der Waals surface area contributed by atoms with Gasteiger partial charge in [0.05, 0.1) is 6.42 Å². The number of carbonyl (C=O) groups excluding carboxylic acids is 1. The quantitative estimate of drug-likeness (QED) is 0.477. The minimum atomic E-state index is -0.182. The lowest BCUT2D eigenvalue weighted by Gasteiger charge is -2.14. The monoisotopic (exact) mass is 341 g/mol. The van der Waals surface area contributed by atoms with Crippen LogP contribution in [0, 0.1) is 0 Å². The van der Waals surface area contributed by atoms with Crippen molar-refractivity contribution in [2.75, 3.05) is 18.0 Å². The van der Waals surface area contributed by atoms with Gasteiger partial charge in [-0.15, -0.1) is 0 Å². The topological polar surface area (TPSA) is 84.1 Å². The number of nitrogens with two attached hydrogens (primary N) is 1. The molecular formula is C19H27N5O. The molecule has 6 heteroatoms. The van der Waals surface area contributed by atoms with E-state index in [2.05, 4.69) is 32.4 Å². The van der Waals surface area contributed by atoms with E-state index in [1.165, 1.54) is 18.4 Å². The van der Waals surface area contributed by atoms with E-state index in [-0.39, 0.29) is 13.3 Å². The third-order valence-corrected chi connectivity index (χ3v) is 4.33. The number of hydrogen-bond acceptors (Lipinski definition) is 5. The minimum absolute atomic E-state index is 0. The molecule has 3 N–H and O–H groups in total. The average Bonchev–Trinajstić information content (AvgIpc) is 3.16. The highest BCUT2D eigenvalue weighted by molar-refractivity contribution is 5.77. The highest BCUT2D eigenvalue weighted by atomic mass is 16.2. The summed E-state index contributed by atoms with van der Waals surface area (Å²) in [5, 5.41) is 0. The molecule has 0 saturated carbocycles. The average molecular weight is 341 g/mol. The molecule has 6 nitrogen and oxygen atoms in total. The van der Waals surface area contributed by atoms with Gasteiger partial charge in [-0.2, -0.15) is 0 Å². The van der Waals surface area contributed by atoms with Crippen LogP contribution in [0.25, 0.3) is 0 Å². The van der Waals surface area contributed by atoms with Crippen LogP contribution in [0.5, 0.6) is 0 Å². The first-order valence-electron chi connectivity index (χ1n) is 8.38. The summed E-state index contributed by atoms with van der Waals surface area (Å²) in [5.74, 6) is 5.76. The van der Waals surface area contributed by atoms with E-state index < -0.39 is 0 Å². The van der Waals surface area contributed by atoms with Crippen molar-refractivity contribution in [3.05, 3.63) is 53.3 Å². The molecule has 0 radical (unpaired) electrons. The Morgan fingerprint density at radius 3 is 2.16 bits per heavy atom. The van der Waals surface area contributed by atoms with Crippen LogP contribution in [-0.4, -0.2) is 29.0 Å². The van der Waals surface area contributed by atoms with E-state index in [1.54, 1.807) is 0 Å². The van der Waals surface area contributed by atoms with Crippen LogP contribution >= 0.6 is 0 Å². The molecule has 1 aromatic heterocycles. The number of anilines is 1. The summed E-state index contributed by atoms with van der Waals surface area (Å²) < 4.78 is 0. The van der Waals surface area contributed by atoms with E-state index in [4.69, 9.17) is 5.84 Å². The van der Waals surface area contributed by atoms with Gasteiger partial charge in [-0.05, 0) is 42.4 Å². The van der Waals surface area contributed by atoms with Crippen LogP contribution in [0.4, 0.5) is 5.95 Å². The molecule has 25 heavy (non-hydrogen) atoms. The van der Waals surface area contributed by atoms with Crippen LogP contribution in [-0.2, 0) is 24.1 Å². The molecule has 134 valence electrons. The summed E-state index contributed by atoms with van der Waals surface area (Å²) in [6.45, 7) is 2.13. The second kappa shape index (κ2) is 9.13. The van der Waals surface area contributed by atoms with Crippen molar-refractivity contribution in [3.63, 3.8) is 0 Å². The zero-order valence-corrected chi connectivity index (χ0v) is 13.7. The molecule has 3 rings (SSSR count). The number of aromatic nitrogens is 2. The Kier molecular flexibility index (Phi) is 6.89. The first kappa shape index (κ1) is 18.9. The molecule has 1 aliphatic heterocycles. The van der Waals surface area contributed by atoms with Crippen LogP contribution in [0.15, 0.2) is 36.7 Å². The summed E-state index contributed by atoms with van der Waals surface area (Å²) in [7, 11) is 0. The van der Waals surface area contributed by atoms with Gasteiger partial charge in [-0.1, -0.05) is 31.7 Å². The molecule has 1 amide bonds. The molecule has 0 aliphatic carbocycles. The standard InChI is InChI=1S/C18H23N5O.CH4/c19-22-17(24)11-15-6-3-14(4-7-15)5-8-16-12-20-18(21-13-16)23-9-1-2-10-23;/h3-4,6-7,12-13H,1-2,5,8-11,19H2,(H,22,24);1H4. The fourth-order valence-corrected chi connectivity index (χ4v) is 2.91. The summed E-state index contributed by atoms with van der Waals surface area (Å²) >= 11 is 0. The predicted octanol–water partition coefficient (Wildman–Crippen LogP) is 2.03. The van der Waals surface area contributed by atoms with E-state index in [9.17, 15) is 4.79 Å². The highest BCUT2D eigenvalue weighted by Gasteiger charge is 2.14. The van der Waals surface area contributed by atoms with Crippen molar-refractivity contribution in [2.24, 2.45) is 5.84 Å². The Morgan fingerprint density at radius 1 is 1.00 bits per heavy atom. The smallest absolute Gasteiger partial charge is 0.238 e. The molecule has 0 bridgehead atoms. The number of carbonyl (C=O) groups is 1. The second-order valence-electron chi connectivity index (χ2n) is 6.15. The fraction of sp³-hybridized carbons (Fsp3) is 0.421. The first-order valence-corrected chi connectivity index (χ1v) is 8.38. The number of nitrogens with one attached hydrogen (secondary N) is 1. The van der Waals surface area contributed by atoms with Gasteiger partial charge in [0.15, 0.2) is 0 Å². The Hall–Kier alpha value is -2.47. The van der Waals surface area contributed by atoms with Crippen molar-refractivity contribution in [2.45, 2.75) is 39.5 Å². The zero-order chi connectivity index (χ0) is 16.8. The molecule has 2 aromatic rings. The normalized spacial score (nSPS) is 13.4. The van der Waals surface area contributed by atoms with E-state index in [0.717, 1.165) is 43.0 Å². The van der Waals surface area contributed by atoms with Crippen molar-refractivity contribution >= 4 is 11.9 Å². The molecule has 1 saturated heterocycles. The largest absolute Gasteiger partial charge is 0.341 e. The van der Waals surface area contributed by atoms with Crippen LogP contribution < -0.4 is 16.2 Å². The van der Waals surface area contributed by atoms with Gasteiger partial charge in [0.25, 0.3) is 0 Å². The number of hydrogen-bond donors (Lipinski definition) is 2. The summed E-state index contributed by atoms with van der Waals surface area (Å²) in [6.07, 6.45) is 8.46. The highest BCUT2D eigenvalue weighted by Crippen LogP contribution is 2.15. The third kappa shape index (κ3) is 5.26. The lowest BCUT2D eigenvalue weighted by molar-refractivity contribution is -0.120. The van der Waals surface area contributed by atoms with Gasteiger partial charge in [-0.25, -0.2) is 15.8 Å². The van der Waals surface area contributed by atoms with E-state index in [0.29, 0.717) is 6.42 Å². The third-order valence-electron chi connectivity index (χ3n) is 4.33. The number of aryl methyl sites for hydroxylation is 2. The molecule has 1 aliphatic rings. The van der Waals surface area contributed by atoms with Gasteiger partial charge in [0.2, 0.25) is 11.9 Å². The van der Waals surface area contributed by atoms with Gasteiger partial charge in [0, 0.05) is 25.5 Å². The zero-order valence-electron chi connectivity index (χ0n) is 13.7. The van der Waals surface area contributed by atoms with Crippen LogP contribution in [0.3, 0.4) is 0 Å². The Balaban J connectivity index is 0.00000225. The molecule has 0 unspecified atom stereocenters. The minimum Gasteiger partial charge on any atom is -0.341 e. The Labute approximate surface area is 149 Å².